The molecule has 0 amide bonds. The minimum absolute atomic E-state index is 0.0372. The van der Waals surface area contributed by atoms with Crippen LogP contribution >= 0.6 is 0 Å². The molecule has 0 spiro atoms. The smallest absolute Gasteiger partial charge is 0.339 e. The van der Waals surface area contributed by atoms with Crippen LogP contribution in [0.4, 0.5) is 0 Å². The van der Waals surface area contributed by atoms with Gasteiger partial charge in [-0.05, 0) is 37.3 Å². The summed E-state index contributed by atoms with van der Waals surface area (Å²) < 4.78 is 33.1. The van der Waals surface area contributed by atoms with Gasteiger partial charge in [0.2, 0.25) is 6.29 Å². The number of carbonyl (C=O) groups is 1. The van der Waals surface area contributed by atoms with Gasteiger partial charge in [-0.15, -0.1) is 0 Å². The van der Waals surface area contributed by atoms with E-state index in [1.165, 1.54) is 25.1 Å². The minimum atomic E-state index is -2.04. The number of carbonyl (C=O) groups excluding carboxylic acids is 1. The number of aromatic hydroxyl groups is 8. The Morgan fingerprint density at radius 2 is 1.43 bits per heavy atom. The van der Waals surface area contributed by atoms with Crippen LogP contribution in [0.25, 0.3) is 6.08 Å². The first-order valence-corrected chi connectivity index (χ1v) is 16.0. The SMILES string of the molecule is CC1OC(OCC2OC(OC3=Cc4c(O)cc(O)cc4[OH+]C3c3ccc(O)c(O)c3)C(OC(=O)c3cc(O)c(O)c(O)c3)C(O)C2O)C(O)C(O)C1O. The van der Waals surface area contributed by atoms with Gasteiger partial charge in [0.05, 0.1) is 29.9 Å². The maximum Gasteiger partial charge on any atom is 0.339 e. The summed E-state index contributed by atoms with van der Waals surface area (Å²) in [5.41, 5.74) is -0.279. The first-order chi connectivity index (χ1) is 25.0. The zero-order chi connectivity index (χ0) is 38.5. The third-order valence-corrected chi connectivity index (χ3v) is 8.94. The van der Waals surface area contributed by atoms with E-state index in [0.29, 0.717) is 0 Å². The molecule has 3 aromatic rings. The van der Waals surface area contributed by atoms with Gasteiger partial charge in [0.25, 0.3) is 11.9 Å². The summed E-state index contributed by atoms with van der Waals surface area (Å²) in [6, 6.07) is 7.43. The Kier molecular flexibility index (Phi) is 10.4. The molecule has 2 saturated heterocycles. The summed E-state index contributed by atoms with van der Waals surface area (Å²) in [6.07, 6.45) is -16.6. The Bertz CT molecular complexity index is 1860. The molecular weight excluding hydrogens is 712 g/mol. The second kappa shape index (κ2) is 14.6. The van der Waals surface area contributed by atoms with Crippen molar-refractivity contribution in [3.8, 4) is 46.0 Å². The van der Waals surface area contributed by atoms with Gasteiger partial charge in [-0.3, -0.25) is 0 Å². The summed E-state index contributed by atoms with van der Waals surface area (Å²) in [7, 11) is 0. The highest BCUT2D eigenvalue weighted by Gasteiger charge is 2.51. The van der Waals surface area contributed by atoms with Gasteiger partial charge in [0, 0.05) is 12.1 Å². The van der Waals surface area contributed by atoms with E-state index in [0.717, 1.165) is 30.3 Å². The van der Waals surface area contributed by atoms with Crippen LogP contribution in [0, 0.1) is 0 Å². The summed E-state index contributed by atoms with van der Waals surface area (Å²) in [5, 5.41) is 124. The molecule has 0 radical (unpaired) electrons. The van der Waals surface area contributed by atoms with Crippen molar-refractivity contribution in [1.29, 1.82) is 0 Å². The summed E-state index contributed by atoms with van der Waals surface area (Å²) in [4.78, 5) is 13.3. The van der Waals surface area contributed by atoms with Crippen molar-refractivity contribution in [1.82, 2.24) is 0 Å². The number of phenolic OH excluding ortho intramolecular Hbond substituents is 7. The number of phenols is 7. The molecule has 3 aliphatic rings. The van der Waals surface area contributed by atoms with Crippen LogP contribution in [0.2, 0.25) is 0 Å². The van der Waals surface area contributed by atoms with E-state index in [1.54, 1.807) is 0 Å². The van der Waals surface area contributed by atoms with E-state index in [9.17, 15) is 66.1 Å². The highest BCUT2D eigenvalue weighted by Crippen LogP contribution is 2.46. The summed E-state index contributed by atoms with van der Waals surface area (Å²) in [5.74, 6) is -5.92. The van der Waals surface area contributed by atoms with Crippen molar-refractivity contribution in [2.24, 2.45) is 0 Å². The standard InChI is InChI=1S/C34H36O19/c1-11-24(41)27(44)29(46)33(49-11)48-10-23-26(43)28(45)31(53-32(47)13-5-19(39)25(42)20(40)6-13)34(52-23)51-22-9-15-17(37)7-14(35)8-21(15)50-30(22)12-2-3-16(36)18(38)4-12/h2-9,11,23-24,26-31,33-46H,10H2,1H3/p+1. The van der Waals surface area contributed by atoms with Crippen LogP contribution in [-0.4, -0.2) is 140 Å². The van der Waals surface area contributed by atoms with Gasteiger partial charge in [-0.25, -0.2) is 4.79 Å². The molecular formula is C34H37O19+. The lowest BCUT2D eigenvalue weighted by molar-refractivity contribution is -0.324. The molecule has 3 heterocycles. The number of aliphatic hydroxyl groups is 6. The third kappa shape index (κ3) is 7.36. The lowest BCUT2D eigenvalue weighted by atomic mass is 9.97. The van der Waals surface area contributed by atoms with E-state index in [-0.39, 0.29) is 28.4 Å². The molecule has 3 aromatic carbocycles. The van der Waals surface area contributed by atoms with Crippen molar-refractivity contribution in [3.05, 3.63) is 64.9 Å². The predicted octanol–water partition coefficient (Wildman–Crippen LogP) is -0.504. The van der Waals surface area contributed by atoms with Crippen LogP contribution < -0.4 is 0 Å². The summed E-state index contributed by atoms with van der Waals surface area (Å²) >= 11 is 0. The molecule has 6 rings (SSSR count). The third-order valence-electron chi connectivity index (χ3n) is 8.94. The van der Waals surface area contributed by atoms with Gasteiger partial charge in [-0.2, -0.15) is 0 Å². The Morgan fingerprint density at radius 3 is 2.11 bits per heavy atom. The Labute approximate surface area is 298 Å². The highest BCUT2D eigenvalue weighted by molar-refractivity contribution is 5.91. The average Bonchev–Trinajstić information content (AvgIpc) is 3.11. The molecule has 0 saturated carbocycles. The molecule has 0 aromatic heterocycles. The van der Waals surface area contributed by atoms with Crippen LogP contribution in [0.15, 0.2) is 48.2 Å². The Balaban J connectivity index is 1.35. The van der Waals surface area contributed by atoms with Crippen molar-refractivity contribution in [2.45, 2.75) is 74.4 Å². The van der Waals surface area contributed by atoms with Crippen LogP contribution in [0.3, 0.4) is 0 Å². The molecule has 19 nitrogen and oxygen atoms in total. The van der Waals surface area contributed by atoms with Crippen LogP contribution in [0.5, 0.6) is 46.0 Å². The molecule has 13 N–H and O–H groups in total. The van der Waals surface area contributed by atoms with Gasteiger partial charge in [0.15, 0.2) is 46.9 Å². The van der Waals surface area contributed by atoms with Crippen molar-refractivity contribution in [2.75, 3.05) is 6.61 Å². The lowest BCUT2D eigenvalue weighted by Crippen LogP contribution is -2.62. The number of esters is 1. The number of fused-ring (bicyclic) bond motifs is 1. The largest absolute Gasteiger partial charge is 0.571 e. The Hall–Kier alpha value is -5.25. The number of hydrogen-bond donors (Lipinski definition) is 12. The number of rotatable bonds is 8. The van der Waals surface area contributed by atoms with E-state index < -0.39 is 120 Å². The molecule has 0 bridgehead atoms. The van der Waals surface area contributed by atoms with E-state index >= 15 is 0 Å². The second-order valence-electron chi connectivity index (χ2n) is 12.6. The quantitative estimate of drug-likeness (QED) is 0.0784. The fourth-order valence-corrected chi connectivity index (χ4v) is 5.99. The number of benzene rings is 3. The van der Waals surface area contributed by atoms with Gasteiger partial charge < -0.3 is 89.7 Å². The van der Waals surface area contributed by atoms with Gasteiger partial charge >= 0.3 is 5.97 Å². The van der Waals surface area contributed by atoms with E-state index in [4.69, 9.17) is 23.7 Å². The second-order valence-corrected chi connectivity index (χ2v) is 12.6. The fraction of sp³-hybridized carbons (Fsp3) is 0.382. The summed E-state index contributed by atoms with van der Waals surface area (Å²) in [6.45, 7) is 0.754. The average molecular weight is 750 g/mol. The zero-order valence-electron chi connectivity index (χ0n) is 27.4. The maximum atomic E-state index is 13.3. The van der Waals surface area contributed by atoms with Crippen molar-refractivity contribution < 1.29 is 94.5 Å². The molecule has 19 heteroatoms. The predicted molar refractivity (Wildman–Crippen MR) is 173 cm³/mol. The first-order valence-electron chi connectivity index (χ1n) is 16.0. The van der Waals surface area contributed by atoms with Gasteiger partial charge in [0.1, 0.15) is 53.7 Å². The van der Waals surface area contributed by atoms with E-state index in [2.05, 4.69) is 4.74 Å². The van der Waals surface area contributed by atoms with E-state index in [1.807, 2.05) is 0 Å². The molecule has 0 aliphatic carbocycles. The molecule has 11 unspecified atom stereocenters. The number of ether oxygens (including phenoxy) is 6. The topological polar surface area (TPSA) is 319 Å². The number of aliphatic hydroxyl groups excluding tert-OH is 5. The Morgan fingerprint density at radius 1 is 0.736 bits per heavy atom. The first kappa shape index (κ1) is 37.5. The molecule has 11 atom stereocenters. The minimum Gasteiger partial charge on any atom is -0.571 e. The monoisotopic (exact) mass is 749 g/mol. The molecule has 3 aliphatic heterocycles. The van der Waals surface area contributed by atoms with Crippen LogP contribution in [0.1, 0.15) is 34.5 Å². The lowest BCUT2D eigenvalue weighted by Gasteiger charge is -2.43. The van der Waals surface area contributed by atoms with Crippen molar-refractivity contribution in [3.63, 3.8) is 0 Å². The molecule has 286 valence electrons. The molecule has 53 heavy (non-hydrogen) atoms. The maximum absolute atomic E-state index is 13.3. The van der Waals surface area contributed by atoms with Gasteiger partial charge in [-0.1, -0.05) is 0 Å². The zero-order valence-corrected chi connectivity index (χ0v) is 27.4. The van der Waals surface area contributed by atoms with Crippen LogP contribution in [-0.2, 0) is 23.7 Å². The number of hydrogen-bond acceptors (Lipinski definition) is 18. The highest BCUT2D eigenvalue weighted by atomic mass is 16.7. The molecule has 2 fully saturated rings. The normalized spacial score (nSPS) is 31.1. The van der Waals surface area contributed by atoms with Crippen molar-refractivity contribution >= 4 is 12.0 Å². The fourth-order valence-electron chi connectivity index (χ4n) is 5.99.